The number of carbonyl (C=O) groups is 1. The summed E-state index contributed by atoms with van der Waals surface area (Å²) in [5, 5.41) is 11.2. The minimum absolute atomic E-state index is 0.000126. The average molecular weight is 350 g/mol. The molecule has 7 heteroatoms. The van der Waals surface area contributed by atoms with E-state index in [1.54, 1.807) is 12.4 Å². The molecular weight excluding hydrogens is 328 g/mol. The van der Waals surface area contributed by atoms with Crippen LogP contribution in [0.4, 0.5) is 5.82 Å². The first kappa shape index (κ1) is 16.5. The first-order chi connectivity index (χ1) is 12.8. The molecule has 1 amide bonds. The minimum atomic E-state index is 0.000126. The van der Waals surface area contributed by atoms with Crippen LogP contribution in [-0.4, -0.2) is 51.1 Å². The highest BCUT2D eigenvalue weighted by molar-refractivity contribution is 6.04. The number of piperidine rings is 1. The number of para-hydroxylation sites is 1. The van der Waals surface area contributed by atoms with Crippen molar-refractivity contribution in [3.05, 3.63) is 48.0 Å². The molecule has 2 aromatic heterocycles. The first-order valence-electron chi connectivity index (χ1n) is 8.96. The molecule has 0 spiro atoms. The summed E-state index contributed by atoms with van der Waals surface area (Å²) >= 11 is 0. The molecule has 1 unspecified atom stereocenters. The van der Waals surface area contributed by atoms with E-state index in [2.05, 4.69) is 25.5 Å². The van der Waals surface area contributed by atoms with Crippen LogP contribution in [0, 0.1) is 5.92 Å². The van der Waals surface area contributed by atoms with Crippen molar-refractivity contribution in [2.45, 2.75) is 19.3 Å². The summed E-state index contributed by atoms with van der Waals surface area (Å²) in [6.45, 7) is 1.50. The van der Waals surface area contributed by atoms with Crippen molar-refractivity contribution >= 4 is 22.6 Å². The number of hydrogen-bond donors (Lipinski definition) is 2. The molecule has 134 valence electrons. The number of nitrogens with zero attached hydrogens (tertiary/aromatic N) is 4. The second-order valence-corrected chi connectivity index (χ2v) is 6.68. The van der Waals surface area contributed by atoms with E-state index in [1.165, 1.54) is 0 Å². The van der Waals surface area contributed by atoms with Crippen molar-refractivity contribution < 1.29 is 4.79 Å². The zero-order valence-corrected chi connectivity index (χ0v) is 14.8. The van der Waals surface area contributed by atoms with Gasteiger partial charge < -0.3 is 10.2 Å². The van der Waals surface area contributed by atoms with Gasteiger partial charge in [-0.3, -0.25) is 14.9 Å². The number of benzene rings is 1. The van der Waals surface area contributed by atoms with Crippen LogP contribution in [0.3, 0.4) is 0 Å². The van der Waals surface area contributed by atoms with Crippen molar-refractivity contribution in [3.8, 4) is 0 Å². The van der Waals surface area contributed by atoms with E-state index >= 15 is 0 Å². The topological polar surface area (TPSA) is 86.8 Å². The highest BCUT2D eigenvalue weighted by Gasteiger charge is 2.27. The van der Waals surface area contributed by atoms with Crippen LogP contribution in [-0.2, 0) is 6.42 Å². The second kappa shape index (κ2) is 7.11. The molecule has 1 fully saturated rings. The Bertz CT molecular complexity index is 921. The van der Waals surface area contributed by atoms with Crippen molar-refractivity contribution in [2.24, 2.45) is 5.92 Å². The number of anilines is 1. The zero-order valence-electron chi connectivity index (χ0n) is 14.8. The Kier molecular flexibility index (Phi) is 4.51. The maximum Gasteiger partial charge on any atom is 0.275 e. The molecule has 1 aliphatic heterocycles. The van der Waals surface area contributed by atoms with Crippen LogP contribution in [0.2, 0.25) is 0 Å². The van der Waals surface area contributed by atoms with Crippen molar-refractivity contribution in [2.75, 3.05) is 25.5 Å². The van der Waals surface area contributed by atoms with Crippen LogP contribution in [0.1, 0.15) is 29.0 Å². The summed E-state index contributed by atoms with van der Waals surface area (Å²) in [6, 6.07) is 7.74. The smallest absolute Gasteiger partial charge is 0.275 e. The van der Waals surface area contributed by atoms with Gasteiger partial charge in [0.05, 0.1) is 11.2 Å². The predicted molar refractivity (Wildman–Crippen MR) is 100 cm³/mol. The standard InChI is InChI=1S/C19H22N6O/c1-20-18-16(21-8-9-22-18)11-13-5-4-10-25(12-13)19(26)17-14-6-2-3-7-15(14)23-24-17/h2-3,6-9,13H,4-5,10-12H2,1H3,(H,20,22)(H,23,24). The maximum atomic E-state index is 13.0. The lowest BCUT2D eigenvalue weighted by atomic mass is 9.93. The van der Waals surface area contributed by atoms with E-state index in [9.17, 15) is 4.79 Å². The molecule has 3 heterocycles. The minimum Gasteiger partial charge on any atom is -0.372 e. The molecule has 1 aromatic carbocycles. The van der Waals surface area contributed by atoms with Crippen molar-refractivity contribution in [3.63, 3.8) is 0 Å². The Morgan fingerprint density at radius 1 is 1.31 bits per heavy atom. The number of aromatic nitrogens is 4. The quantitative estimate of drug-likeness (QED) is 0.755. The van der Waals surface area contributed by atoms with Crippen molar-refractivity contribution in [1.29, 1.82) is 0 Å². The van der Waals surface area contributed by atoms with Crippen LogP contribution in [0.25, 0.3) is 10.9 Å². The van der Waals surface area contributed by atoms with Gasteiger partial charge >= 0.3 is 0 Å². The van der Waals surface area contributed by atoms with Gasteiger partial charge in [-0.1, -0.05) is 18.2 Å². The highest BCUT2D eigenvalue weighted by atomic mass is 16.2. The van der Waals surface area contributed by atoms with Gasteiger partial charge in [-0.2, -0.15) is 5.10 Å². The predicted octanol–water partition coefficient (Wildman–Crippen LogP) is 2.49. The number of carbonyl (C=O) groups excluding carboxylic acids is 1. The number of nitrogens with one attached hydrogen (secondary N) is 2. The molecule has 2 N–H and O–H groups in total. The molecule has 1 atom stereocenters. The summed E-state index contributed by atoms with van der Waals surface area (Å²) in [5.74, 6) is 1.19. The van der Waals surface area contributed by atoms with E-state index in [4.69, 9.17) is 0 Å². The fraction of sp³-hybridized carbons (Fsp3) is 0.368. The third kappa shape index (κ3) is 3.12. The molecule has 1 saturated heterocycles. The number of fused-ring (bicyclic) bond motifs is 1. The largest absolute Gasteiger partial charge is 0.372 e. The highest BCUT2D eigenvalue weighted by Crippen LogP contribution is 2.25. The van der Waals surface area contributed by atoms with Gasteiger partial charge in [-0.25, -0.2) is 4.98 Å². The van der Waals surface area contributed by atoms with E-state index in [0.29, 0.717) is 11.6 Å². The Morgan fingerprint density at radius 3 is 3.04 bits per heavy atom. The van der Waals surface area contributed by atoms with Crippen LogP contribution < -0.4 is 5.32 Å². The SMILES string of the molecule is CNc1nccnc1CC1CCCN(C(=O)c2n[nH]c3ccccc23)C1. The van der Waals surface area contributed by atoms with Gasteiger partial charge in [0.15, 0.2) is 5.69 Å². The lowest BCUT2D eigenvalue weighted by Gasteiger charge is -2.32. The zero-order chi connectivity index (χ0) is 17.9. The Hall–Kier alpha value is -2.96. The molecule has 26 heavy (non-hydrogen) atoms. The Balaban J connectivity index is 1.50. The summed E-state index contributed by atoms with van der Waals surface area (Å²) in [7, 11) is 1.85. The number of likely N-dealkylation sites (tertiary alicyclic amines) is 1. The van der Waals surface area contributed by atoms with Crippen LogP contribution >= 0.6 is 0 Å². The fourth-order valence-electron chi connectivity index (χ4n) is 3.69. The van der Waals surface area contributed by atoms with Gasteiger partial charge in [0.25, 0.3) is 5.91 Å². The summed E-state index contributed by atoms with van der Waals surface area (Å²) in [5.41, 5.74) is 2.36. The number of hydrogen-bond acceptors (Lipinski definition) is 5. The van der Waals surface area contributed by atoms with Gasteiger partial charge in [0, 0.05) is 37.9 Å². The lowest BCUT2D eigenvalue weighted by molar-refractivity contribution is 0.0669. The average Bonchev–Trinajstić information content (AvgIpc) is 3.12. The van der Waals surface area contributed by atoms with E-state index in [-0.39, 0.29) is 5.91 Å². The molecule has 0 radical (unpaired) electrons. The van der Waals surface area contributed by atoms with E-state index < -0.39 is 0 Å². The van der Waals surface area contributed by atoms with Gasteiger partial charge in [0.1, 0.15) is 5.82 Å². The molecule has 0 bridgehead atoms. The normalized spacial score (nSPS) is 17.4. The fourth-order valence-corrected chi connectivity index (χ4v) is 3.69. The van der Waals surface area contributed by atoms with Crippen LogP contribution in [0.15, 0.2) is 36.7 Å². The molecule has 7 nitrogen and oxygen atoms in total. The van der Waals surface area contributed by atoms with Crippen molar-refractivity contribution in [1.82, 2.24) is 25.1 Å². The van der Waals surface area contributed by atoms with Gasteiger partial charge in [-0.05, 0) is 31.2 Å². The molecule has 4 rings (SSSR count). The molecule has 1 aliphatic rings. The van der Waals surface area contributed by atoms with E-state index in [1.807, 2.05) is 36.2 Å². The second-order valence-electron chi connectivity index (χ2n) is 6.68. The molecule has 0 saturated carbocycles. The Labute approximate surface area is 151 Å². The summed E-state index contributed by atoms with van der Waals surface area (Å²) in [4.78, 5) is 23.7. The lowest BCUT2D eigenvalue weighted by Crippen LogP contribution is -2.40. The molecule has 0 aliphatic carbocycles. The summed E-state index contributed by atoms with van der Waals surface area (Å²) in [6.07, 6.45) is 6.31. The number of rotatable bonds is 4. The van der Waals surface area contributed by atoms with Gasteiger partial charge in [0.2, 0.25) is 0 Å². The third-order valence-electron chi connectivity index (χ3n) is 4.97. The first-order valence-corrected chi connectivity index (χ1v) is 8.96. The molecular formula is C19H22N6O. The van der Waals surface area contributed by atoms with E-state index in [0.717, 1.165) is 54.8 Å². The summed E-state index contributed by atoms with van der Waals surface area (Å²) < 4.78 is 0. The monoisotopic (exact) mass is 350 g/mol. The maximum absolute atomic E-state index is 13.0. The number of amides is 1. The number of aromatic amines is 1. The molecule has 3 aromatic rings. The van der Waals surface area contributed by atoms with Crippen LogP contribution in [0.5, 0.6) is 0 Å². The number of H-pyrrole nitrogens is 1. The van der Waals surface area contributed by atoms with Gasteiger partial charge in [-0.15, -0.1) is 0 Å². The third-order valence-corrected chi connectivity index (χ3v) is 4.97. The Morgan fingerprint density at radius 2 is 2.15 bits per heavy atom.